The van der Waals surface area contributed by atoms with Gasteiger partial charge in [-0.05, 0) is 38.9 Å². The summed E-state index contributed by atoms with van der Waals surface area (Å²) in [6, 6.07) is 7.24. The van der Waals surface area contributed by atoms with E-state index in [-0.39, 0.29) is 0 Å². The summed E-state index contributed by atoms with van der Waals surface area (Å²) >= 11 is 1.95. The van der Waals surface area contributed by atoms with E-state index in [0.29, 0.717) is 6.04 Å². The Balaban J connectivity index is 2.53. The molecule has 2 heteroatoms. The zero-order valence-corrected chi connectivity index (χ0v) is 10.9. The van der Waals surface area contributed by atoms with Crippen molar-refractivity contribution in [1.82, 2.24) is 5.32 Å². The Hall–Kier alpha value is -0.470. The Kier molecular flexibility index (Phi) is 5.20. The molecule has 1 nitrogen and oxygen atoms in total. The monoisotopic (exact) mass is 223 g/mol. The molecule has 0 amide bonds. The first-order valence-corrected chi connectivity index (χ1v) is 6.55. The predicted molar refractivity (Wildman–Crippen MR) is 69.8 cm³/mol. The van der Waals surface area contributed by atoms with Crippen molar-refractivity contribution >= 4 is 11.8 Å². The Morgan fingerprint density at radius 1 is 1.33 bits per heavy atom. The number of nitrogens with one attached hydrogen (secondary N) is 1. The van der Waals surface area contributed by atoms with Crippen LogP contribution >= 0.6 is 11.8 Å². The lowest BCUT2D eigenvalue weighted by atomic mass is 10.2. The number of hydrogen-bond donors (Lipinski definition) is 1. The maximum atomic E-state index is 3.43. The van der Waals surface area contributed by atoms with Gasteiger partial charge in [-0.25, -0.2) is 0 Å². The minimum atomic E-state index is 0.583. The van der Waals surface area contributed by atoms with E-state index >= 15 is 0 Å². The zero-order valence-electron chi connectivity index (χ0n) is 10.1. The van der Waals surface area contributed by atoms with Crippen LogP contribution in [0.2, 0.25) is 0 Å². The minimum Gasteiger partial charge on any atom is -0.314 e. The summed E-state index contributed by atoms with van der Waals surface area (Å²) in [4.78, 5) is 1.42. The Morgan fingerprint density at radius 2 is 2.07 bits per heavy atom. The summed E-state index contributed by atoms with van der Waals surface area (Å²) in [5.74, 6) is 1.14. The molecule has 1 aromatic rings. The van der Waals surface area contributed by atoms with Crippen molar-refractivity contribution in [2.45, 2.75) is 38.6 Å². The summed E-state index contributed by atoms with van der Waals surface area (Å²) in [5, 5.41) is 3.43. The highest BCUT2D eigenvalue weighted by atomic mass is 32.2. The van der Waals surface area contributed by atoms with E-state index < -0.39 is 0 Å². The molecule has 0 aliphatic carbocycles. The highest BCUT2D eigenvalue weighted by Gasteiger charge is 2.03. The fourth-order valence-corrected chi connectivity index (χ4v) is 2.60. The van der Waals surface area contributed by atoms with Gasteiger partial charge in [-0.1, -0.05) is 24.6 Å². The molecule has 15 heavy (non-hydrogen) atoms. The topological polar surface area (TPSA) is 12.0 Å². The average Bonchev–Trinajstić information content (AvgIpc) is 2.20. The normalized spacial score (nSPS) is 12.8. The van der Waals surface area contributed by atoms with Gasteiger partial charge in [0.2, 0.25) is 0 Å². The molecule has 0 fully saturated rings. The van der Waals surface area contributed by atoms with Crippen LogP contribution in [0, 0.1) is 13.8 Å². The van der Waals surface area contributed by atoms with Gasteiger partial charge in [0.05, 0.1) is 0 Å². The maximum Gasteiger partial charge on any atom is 0.0133 e. The molecule has 0 heterocycles. The largest absolute Gasteiger partial charge is 0.314 e. The van der Waals surface area contributed by atoms with Crippen LogP contribution in [0.15, 0.2) is 23.1 Å². The van der Waals surface area contributed by atoms with Crippen molar-refractivity contribution in [3.05, 3.63) is 29.3 Å². The second-order valence-corrected chi connectivity index (χ2v) is 5.10. The summed E-state index contributed by atoms with van der Waals surface area (Å²) in [6.45, 7) is 9.77. The van der Waals surface area contributed by atoms with Crippen molar-refractivity contribution < 1.29 is 0 Å². The Morgan fingerprint density at radius 3 is 2.73 bits per heavy atom. The van der Waals surface area contributed by atoms with Crippen LogP contribution in [0.25, 0.3) is 0 Å². The quantitative estimate of drug-likeness (QED) is 0.768. The summed E-state index contributed by atoms with van der Waals surface area (Å²) in [7, 11) is 0. The number of hydrogen-bond acceptors (Lipinski definition) is 2. The number of thioether (sulfide) groups is 1. The van der Waals surface area contributed by atoms with Crippen LogP contribution in [-0.4, -0.2) is 18.3 Å². The molecule has 84 valence electrons. The third-order valence-electron chi connectivity index (χ3n) is 2.39. The molecule has 1 N–H and O–H groups in total. The van der Waals surface area contributed by atoms with E-state index in [1.807, 2.05) is 11.8 Å². The van der Waals surface area contributed by atoms with E-state index in [0.717, 1.165) is 12.3 Å². The fourth-order valence-electron chi connectivity index (χ4n) is 1.48. The van der Waals surface area contributed by atoms with Crippen LogP contribution in [-0.2, 0) is 0 Å². The zero-order chi connectivity index (χ0) is 11.3. The minimum absolute atomic E-state index is 0.583. The second-order valence-electron chi connectivity index (χ2n) is 4.04. The highest BCUT2D eigenvalue weighted by Crippen LogP contribution is 2.23. The van der Waals surface area contributed by atoms with Gasteiger partial charge in [0.25, 0.3) is 0 Å². The van der Waals surface area contributed by atoms with Crippen molar-refractivity contribution in [3.63, 3.8) is 0 Å². The third kappa shape index (κ3) is 4.27. The van der Waals surface area contributed by atoms with Gasteiger partial charge in [-0.15, -0.1) is 11.8 Å². The molecule has 0 aliphatic rings. The van der Waals surface area contributed by atoms with Gasteiger partial charge in [0.15, 0.2) is 0 Å². The maximum absolute atomic E-state index is 3.43. The van der Waals surface area contributed by atoms with Gasteiger partial charge in [-0.3, -0.25) is 0 Å². The molecule has 1 unspecified atom stereocenters. The van der Waals surface area contributed by atoms with E-state index in [9.17, 15) is 0 Å². The second kappa shape index (κ2) is 6.19. The van der Waals surface area contributed by atoms with Crippen LogP contribution < -0.4 is 5.32 Å². The van der Waals surface area contributed by atoms with Gasteiger partial charge < -0.3 is 5.32 Å². The molecule has 1 aromatic carbocycles. The standard InChI is InChI=1S/C13H21NS/c1-5-14-12(4)9-15-13-8-10(2)6-7-11(13)3/h6-8,12,14H,5,9H2,1-4H3. The van der Waals surface area contributed by atoms with E-state index in [4.69, 9.17) is 0 Å². The first-order chi connectivity index (χ1) is 7.13. The van der Waals surface area contributed by atoms with Crippen molar-refractivity contribution in [3.8, 4) is 0 Å². The molecule has 0 saturated carbocycles. The van der Waals surface area contributed by atoms with Crippen LogP contribution in [0.1, 0.15) is 25.0 Å². The number of benzene rings is 1. The van der Waals surface area contributed by atoms with Crippen LogP contribution in [0.3, 0.4) is 0 Å². The highest BCUT2D eigenvalue weighted by molar-refractivity contribution is 7.99. The SMILES string of the molecule is CCNC(C)CSc1cc(C)ccc1C. The van der Waals surface area contributed by atoms with Crippen molar-refractivity contribution in [1.29, 1.82) is 0 Å². The molecule has 0 spiro atoms. The molecular weight excluding hydrogens is 202 g/mol. The summed E-state index contributed by atoms with van der Waals surface area (Å²) < 4.78 is 0. The first-order valence-electron chi connectivity index (χ1n) is 5.57. The van der Waals surface area contributed by atoms with E-state index in [1.165, 1.54) is 16.0 Å². The molecule has 0 bridgehead atoms. The lowest BCUT2D eigenvalue weighted by molar-refractivity contribution is 0.620. The molecule has 1 atom stereocenters. The van der Waals surface area contributed by atoms with E-state index in [1.54, 1.807) is 0 Å². The van der Waals surface area contributed by atoms with Crippen LogP contribution in [0.5, 0.6) is 0 Å². The van der Waals surface area contributed by atoms with Crippen LogP contribution in [0.4, 0.5) is 0 Å². The number of rotatable bonds is 5. The fraction of sp³-hybridized carbons (Fsp3) is 0.538. The molecular formula is C13H21NS. The Labute approximate surface area is 97.7 Å². The van der Waals surface area contributed by atoms with Gasteiger partial charge in [0, 0.05) is 16.7 Å². The van der Waals surface area contributed by atoms with Gasteiger partial charge in [0.1, 0.15) is 0 Å². The predicted octanol–water partition coefficient (Wildman–Crippen LogP) is 3.39. The first kappa shape index (κ1) is 12.6. The number of aryl methyl sites for hydroxylation is 2. The lowest BCUT2D eigenvalue weighted by Crippen LogP contribution is -2.27. The lowest BCUT2D eigenvalue weighted by Gasteiger charge is -2.13. The molecule has 1 rings (SSSR count). The smallest absolute Gasteiger partial charge is 0.0133 e. The summed E-state index contributed by atoms with van der Waals surface area (Å²) in [6.07, 6.45) is 0. The molecule has 0 radical (unpaired) electrons. The average molecular weight is 223 g/mol. The van der Waals surface area contributed by atoms with Crippen molar-refractivity contribution in [2.75, 3.05) is 12.3 Å². The van der Waals surface area contributed by atoms with Gasteiger partial charge in [-0.2, -0.15) is 0 Å². The van der Waals surface area contributed by atoms with E-state index in [2.05, 4.69) is 51.2 Å². The summed E-state index contributed by atoms with van der Waals surface area (Å²) in [5.41, 5.74) is 2.73. The van der Waals surface area contributed by atoms with Crippen molar-refractivity contribution in [2.24, 2.45) is 0 Å². The molecule has 0 aromatic heterocycles. The Bertz CT molecular complexity index is 309. The van der Waals surface area contributed by atoms with Gasteiger partial charge >= 0.3 is 0 Å². The molecule has 0 aliphatic heterocycles. The molecule has 0 saturated heterocycles. The third-order valence-corrected chi connectivity index (χ3v) is 3.80.